The minimum absolute atomic E-state index is 0.0292. The second kappa shape index (κ2) is 11.3. The van der Waals surface area contributed by atoms with Gasteiger partial charge in [-0.2, -0.15) is 0 Å². The molecule has 4 rings (SSSR count). The first-order chi connectivity index (χ1) is 18.3. The van der Waals surface area contributed by atoms with Gasteiger partial charge >= 0.3 is 5.97 Å². The number of carbonyl (C=O) groups is 3. The predicted molar refractivity (Wildman–Crippen MR) is 143 cm³/mol. The van der Waals surface area contributed by atoms with Crippen molar-refractivity contribution in [1.29, 1.82) is 0 Å². The molecule has 2 aromatic carbocycles. The second-order valence-corrected chi connectivity index (χ2v) is 9.22. The number of anilines is 1. The third-order valence-corrected chi connectivity index (χ3v) is 6.44. The van der Waals surface area contributed by atoms with Gasteiger partial charge in [-0.3, -0.25) is 24.3 Å². The lowest BCUT2D eigenvalue weighted by atomic mass is 9.93. The Morgan fingerprint density at radius 1 is 1.11 bits per heavy atom. The highest BCUT2D eigenvalue weighted by Gasteiger charge is 2.47. The van der Waals surface area contributed by atoms with Gasteiger partial charge in [-0.05, 0) is 65.9 Å². The van der Waals surface area contributed by atoms with Crippen LogP contribution in [0.25, 0.3) is 5.76 Å². The van der Waals surface area contributed by atoms with Gasteiger partial charge in [0.2, 0.25) is 0 Å². The molecule has 1 atom stereocenters. The maximum atomic E-state index is 13.4. The molecule has 1 saturated heterocycles. The molecule has 1 amide bonds. The number of rotatable bonds is 8. The summed E-state index contributed by atoms with van der Waals surface area (Å²) in [7, 11) is 1.58. The van der Waals surface area contributed by atoms with E-state index in [0.29, 0.717) is 34.7 Å². The Balaban J connectivity index is 1.82. The Bertz CT molecular complexity index is 1380. The van der Waals surface area contributed by atoms with E-state index >= 15 is 0 Å². The van der Waals surface area contributed by atoms with E-state index in [1.807, 2.05) is 13.8 Å². The van der Waals surface area contributed by atoms with E-state index in [4.69, 9.17) is 9.47 Å². The van der Waals surface area contributed by atoms with E-state index in [-0.39, 0.29) is 29.6 Å². The van der Waals surface area contributed by atoms with Crippen LogP contribution in [-0.2, 0) is 25.5 Å². The van der Waals surface area contributed by atoms with Crippen LogP contribution in [-0.4, -0.2) is 41.5 Å². The molecule has 1 N–H and O–H groups in total. The van der Waals surface area contributed by atoms with Crippen LogP contribution < -0.4 is 9.64 Å². The van der Waals surface area contributed by atoms with Crippen LogP contribution in [0, 0.1) is 0 Å². The number of aliphatic hydroxyl groups excluding tert-OH is 1. The summed E-state index contributed by atoms with van der Waals surface area (Å²) in [6, 6.07) is 14.5. The first kappa shape index (κ1) is 26.6. The number of carbonyl (C=O) groups excluding carboxylic acids is 3. The zero-order valence-electron chi connectivity index (χ0n) is 21.8. The monoisotopic (exact) mass is 514 g/mol. The van der Waals surface area contributed by atoms with E-state index in [1.165, 1.54) is 4.90 Å². The molecule has 3 aromatic rings. The normalized spacial score (nSPS) is 16.7. The molecule has 8 heteroatoms. The van der Waals surface area contributed by atoms with E-state index in [9.17, 15) is 19.5 Å². The van der Waals surface area contributed by atoms with Crippen LogP contribution in [0.1, 0.15) is 55.0 Å². The summed E-state index contributed by atoms with van der Waals surface area (Å²) >= 11 is 0. The van der Waals surface area contributed by atoms with Gasteiger partial charge in [-0.1, -0.05) is 32.0 Å². The SMILES string of the molecule is CCOC(=O)Cc1ccc(N2C(=O)C(=O)/C(=C(\O)c3ccc(OC)c(C(C)C)c3)C2c2cccnc2)cc1. The van der Waals surface area contributed by atoms with Crippen molar-refractivity contribution in [3.8, 4) is 5.75 Å². The van der Waals surface area contributed by atoms with Gasteiger partial charge < -0.3 is 14.6 Å². The minimum atomic E-state index is -0.899. The Kier molecular flexibility index (Phi) is 7.90. The number of methoxy groups -OCH3 is 1. The highest BCUT2D eigenvalue weighted by Crippen LogP contribution is 2.42. The van der Waals surface area contributed by atoms with Gasteiger partial charge in [0, 0.05) is 23.6 Å². The number of amides is 1. The quantitative estimate of drug-likeness (QED) is 0.196. The number of hydrogen-bond donors (Lipinski definition) is 1. The summed E-state index contributed by atoms with van der Waals surface area (Å²) in [6.45, 7) is 6.04. The number of hydrogen-bond acceptors (Lipinski definition) is 7. The van der Waals surface area contributed by atoms with E-state index in [0.717, 1.165) is 5.56 Å². The Morgan fingerprint density at radius 3 is 2.45 bits per heavy atom. The zero-order chi connectivity index (χ0) is 27.4. The molecule has 1 aliphatic rings. The molecular weight excluding hydrogens is 484 g/mol. The third-order valence-electron chi connectivity index (χ3n) is 6.44. The van der Waals surface area contributed by atoms with Crippen molar-refractivity contribution in [3.63, 3.8) is 0 Å². The van der Waals surface area contributed by atoms with Gasteiger partial charge in [0.15, 0.2) is 0 Å². The average Bonchev–Trinajstić information content (AvgIpc) is 3.19. The van der Waals surface area contributed by atoms with Crippen molar-refractivity contribution in [2.75, 3.05) is 18.6 Å². The van der Waals surface area contributed by atoms with Crippen LogP contribution in [0.3, 0.4) is 0 Å². The number of aliphatic hydroxyl groups is 1. The molecule has 1 unspecified atom stereocenters. The number of pyridine rings is 1. The van der Waals surface area contributed by atoms with E-state index in [2.05, 4.69) is 4.98 Å². The Hall–Kier alpha value is -4.46. The van der Waals surface area contributed by atoms with Crippen LogP contribution in [0.4, 0.5) is 5.69 Å². The van der Waals surface area contributed by atoms with Gasteiger partial charge in [-0.15, -0.1) is 0 Å². The van der Waals surface area contributed by atoms with Crippen LogP contribution >= 0.6 is 0 Å². The largest absolute Gasteiger partial charge is 0.507 e. The lowest BCUT2D eigenvalue weighted by Gasteiger charge is -2.25. The number of aromatic nitrogens is 1. The highest BCUT2D eigenvalue weighted by molar-refractivity contribution is 6.51. The fraction of sp³-hybridized carbons (Fsp3) is 0.267. The average molecular weight is 515 g/mol. The summed E-state index contributed by atoms with van der Waals surface area (Å²) in [4.78, 5) is 44.2. The van der Waals surface area contributed by atoms with Gasteiger partial charge in [-0.25, -0.2) is 0 Å². The standard InChI is InChI=1S/C30H30N2O6/c1-5-38-25(33)15-19-8-11-22(12-9-19)32-27(21-7-6-14-31-17-21)26(29(35)30(32)36)28(34)20-10-13-24(37-4)23(16-20)18(2)3/h6-14,16-18,27,34H,5,15H2,1-4H3/b28-26-. The molecular formula is C30H30N2O6. The highest BCUT2D eigenvalue weighted by atomic mass is 16.5. The molecule has 0 bridgehead atoms. The molecule has 1 aliphatic heterocycles. The van der Waals surface area contributed by atoms with Crippen LogP contribution in [0.2, 0.25) is 0 Å². The topological polar surface area (TPSA) is 106 Å². The van der Waals surface area contributed by atoms with Crippen LogP contribution in [0.15, 0.2) is 72.6 Å². The number of ether oxygens (including phenoxy) is 2. The number of ketones is 1. The second-order valence-electron chi connectivity index (χ2n) is 9.22. The summed E-state index contributed by atoms with van der Waals surface area (Å²) in [5.74, 6) is -1.42. The maximum Gasteiger partial charge on any atom is 0.310 e. The fourth-order valence-corrected chi connectivity index (χ4v) is 4.59. The summed E-state index contributed by atoms with van der Waals surface area (Å²) in [6.07, 6.45) is 3.26. The Labute approximate surface area is 221 Å². The van der Waals surface area contributed by atoms with Crippen molar-refractivity contribution in [2.45, 2.75) is 39.2 Å². The molecule has 8 nitrogen and oxygen atoms in total. The molecule has 0 radical (unpaired) electrons. The first-order valence-corrected chi connectivity index (χ1v) is 12.4. The molecule has 0 saturated carbocycles. The molecule has 2 heterocycles. The van der Waals surface area contributed by atoms with Gasteiger partial charge in [0.1, 0.15) is 11.5 Å². The number of esters is 1. The minimum Gasteiger partial charge on any atom is -0.507 e. The number of nitrogens with zero attached hydrogens (tertiary/aromatic N) is 2. The van der Waals surface area contributed by atoms with Crippen molar-refractivity contribution in [2.24, 2.45) is 0 Å². The third kappa shape index (κ3) is 5.16. The molecule has 1 aromatic heterocycles. The number of Topliss-reactive ketones (excluding diaryl/α,β-unsaturated/α-hetero) is 1. The van der Waals surface area contributed by atoms with Crippen molar-refractivity contribution in [1.82, 2.24) is 4.98 Å². The molecule has 38 heavy (non-hydrogen) atoms. The first-order valence-electron chi connectivity index (χ1n) is 12.4. The maximum absolute atomic E-state index is 13.4. The van der Waals surface area contributed by atoms with Crippen molar-refractivity contribution < 1.29 is 29.0 Å². The van der Waals surface area contributed by atoms with Crippen molar-refractivity contribution >= 4 is 29.1 Å². The van der Waals surface area contributed by atoms with Crippen molar-refractivity contribution in [3.05, 3.63) is 94.8 Å². The van der Waals surface area contributed by atoms with Gasteiger partial charge in [0.05, 0.1) is 31.8 Å². The lowest BCUT2D eigenvalue weighted by Crippen LogP contribution is -2.29. The molecule has 196 valence electrons. The van der Waals surface area contributed by atoms with Crippen LogP contribution in [0.5, 0.6) is 5.75 Å². The Morgan fingerprint density at radius 2 is 1.84 bits per heavy atom. The smallest absolute Gasteiger partial charge is 0.310 e. The molecule has 0 aliphatic carbocycles. The summed E-state index contributed by atoms with van der Waals surface area (Å²) < 4.78 is 10.5. The van der Waals surface area contributed by atoms with E-state index < -0.39 is 17.7 Å². The fourth-order valence-electron chi connectivity index (χ4n) is 4.59. The van der Waals surface area contributed by atoms with E-state index in [1.54, 1.807) is 81.0 Å². The molecule has 0 spiro atoms. The summed E-state index contributed by atoms with van der Waals surface area (Å²) in [5.41, 5.74) is 2.97. The van der Waals surface area contributed by atoms with Gasteiger partial charge in [0.25, 0.3) is 11.7 Å². The summed E-state index contributed by atoms with van der Waals surface area (Å²) in [5, 5.41) is 11.4. The number of benzene rings is 2. The zero-order valence-corrected chi connectivity index (χ0v) is 21.8. The molecule has 1 fully saturated rings. The predicted octanol–water partition coefficient (Wildman–Crippen LogP) is 4.95. The lowest BCUT2D eigenvalue weighted by molar-refractivity contribution is -0.142.